The molecule has 4 aliphatic rings. The molecule has 0 spiro atoms. The highest BCUT2D eigenvalue weighted by atomic mass is 16.1. The monoisotopic (exact) mass is 386 g/mol. The Bertz CT molecular complexity index is 674. The van der Waals surface area contributed by atoms with E-state index in [-0.39, 0.29) is 11.9 Å². The Morgan fingerprint density at radius 2 is 1.96 bits per heavy atom. The molecule has 4 nitrogen and oxygen atoms in total. The summed E-state index contributed by atoms with van der Waals surface area (Å²) >= 11 is 0. The molecule has 4 heteroatoms. The maximum atomic E-state index is 11.5. The predicted molar refractivity (Wildman–Crippen MR) is 111 cm³/mol. The van der Waals surface area contributed by atoms with Crippen molar-refractivity contribution in [2.45, 2.75) is 91.1 Å². The van der Waals surface area contributed by atoms with Gasteiger partial charge in [0.2, 0.25) is 12.3 Å². The van der Waals surface area contributed by atoms with E-state index in [4.69, 9.17) is 0 Å². The minimum Gasteiger partial charge on any atom is -0.356 e. The lowest BCUT2D eigenvalue weighted by molar-refractivity contribution is -0.120. The molecule has 3 saturated carbocycles. The molecular weight excluding hydrogens is 348 g/mol. The summed E-state index contributed by atoms with van der Waals surface area (Å²) in [5.74, 6) is 3.08. The molecule has 2 amide bonds. The highest BCUT2D eigenvalue weighted by Gasteiger charge is 2.59. The van der Waals surface area contributed by atoms with Crippen LogP contribution in [0.1, 0.15) is 79.1 Å². The number of fused-ring (bicyclic) bond motifs is 5. The molecule has 4 aliphatic carbocycles. The topological polar surface area (TPSA) is 58.2 Å². The van der Waals surface area contributed by atoms with Gasteiger partial charge in [0.15, 0.2) is 0 Å². The minimum atomic E-state index is 0.103. The quantitative estimate of drug-likeness (QED) is 0.562. The average Bonchev–Trinajstić information content (AvgIpc) is 2.99. The number of allylic oxidation sites excluding steroid dienone is 1. The van der Waals surface area contributed by atoms with Crippen molar-refractivity contribution in [3.8, 4) is 0 Å². The van der Waals surface area contributed by atoms with Crippen LogP contribution in [0.5, 0.6) is 0 Å². The normalized spacial score (nSPS) is 45.7. The van der Waals surface area contributed by atoms with E-state index in [9.17, 15) is 9.59 Å². The van der Waals surface area contributed by atoms with Gasteiger partial charge in [0.05, 0.1) is 0 Å². The van der Waals surface area contributed by atoms with E-state index in [1.165, 1.54) is 38.5 Å². The van der Waals surface area contributed by atoms with Gasteiger partial charge < -0.3 is 10.6 Å². The van der Waals surface area contributed by atoms with E-state index in [1.807, 2.05) is 0 Å². The molecule has 0 radical (unpaired) electrons. The molecule has 156 valence electrons. The fourth-order valence-electron chi connectivity index (χ4n) is 8.16. The Kier molecular flexibility index (Phi) is 5.12. The summed E-state index contributed by atoms with van der Waals surface area (Å²) in [6.07, 6.45) is 13.2. The van der Waals surface area contributed by atoms with Gasteiger partial charge in [-0.1, -0.05) is 25.5 Å². The van der Waals surface area contributed by atoms with Gasteiger partial charge in [-0.05, 0) is 92.8 Å². The van der Waals surface area contributed by atoms with Gasteiger partial charge in [0.1, 0.15) is 0 Å². The number of hydrogen-bond acceptors (Lipinski definition) is 2. The molecule has 0 saturated heterocycles. The van der Waals surface area contributed by atoms with E-state index >= 15 is 0 Å². The van der Waals surface area contributed by atoms with Crippen molar-refractivity contribution in [2.75, 3.05) is 0 Å². The van der Waals surface area contributed by atoms with Crippen LogP contribution in [-0.4, -0.2) is 24.4 Å². The summed E-state index contributed by atoms with van der Waals surface area (Å²) in [5.41, 5.74) is 2.31. The Morgan fingerprint density at radius 1 is 1.18 bits per heavy atom. The van der Waals surface area contributed by atoms with Crippen molar-refractivity contribution in [2.24, 2.45) is 34.5 Å². The van der Waals surface area contributed by atoms with Crippen LogP contribution in [0.2, 0.25) is 0 Å². The number of amides is 2. The standard InChI is InChI=1S/C24H38N2O2/c1-15(25-14-27)20-7-8-21-19-6-5-17-13-18(26-16(2)28)9-11-23(17,3)22(19)10-12-24(20,21)4/h5,14-15,18-22H,6-13H2,1-4H3,(H,25,27)(H,26,28). The number of nitrogens with one attached hydrogen (secondary N) is 2. The maximum Gasteiger partial charge on any atom is 0.217 e. The Hall–Kier alpha value is -1.32. The van der Waals surface area contributed by atoms with Crippen LogP contribution >= 0.6 is 0 Å². The van der Waals surface area contributed by atoms with Gasteiger partial charge in [-0.25, -0.2) is 0 Å². The molecule has 0 bridgehead atoms. The first-order valence-corrected chi connectivity index (χ1v) is 11.5. The van der Waals surface area contributed by atoms with Crippen LogP contribution in [0.4, 0.5) is 0 Å². The zero-order valence-electron chi connectivity index (χ0n) is 18.1. The molecule has 0 heterocycles. The van der Waals surface area contributed by atoms with Gasteiger partial charge in [-0.15, -0.1) is 0 Å². The van der Waals surface area contributed by atoms with Crippen LogP contribution in [0.15, 0.2) is 11.6 Å². The molecule has 0 aromatic carbocycles. The zero-order valence-corrected chi connectivity index (χ0v) is 18.1. The first kappa shape index (κ1) is 20.0. The van der Waals surface area contributed by atoms with Gasteiger partial charge in [-0.3, -0.25) is 9.59 Å². The zero-order chi connectivity index (χ0) is 20.1. The smallest absolute Gasteiger partial charge is 0.217 e. The minimum absolute atomic E-state index is 0.103. The third-order valence-electron chi connectivity index (χ3n) is 9.52. The van der Waals surface area contributed by atoms with Gasteiger partial charge in [-0.2, -0.15) is 0 Å². The molecular formula is C24H38N2O2. The van der Waals surface area contributed by atoms with Crippen molar-refractivity contribution < 1.29 is 9.59 Å². The second kappa shape index (κ2) is 7.18. The van der Waals surface area contributed by atoms with Crippen molar-refractivity contribution >= 4 is 12.3 Å². The van der Waals surface area contributed by atoms with Crippen molar-refractivity contribution in [3.05, 3.63) is 11.6 Å². The molecule has 4 rings (SSSR count). The average molecular weight is 387 g/mol. The first-order valence-electron chi connectivity index (χ1n) is 11.5. The summed E-state index contributed by atoms with van der Waals surface area (Å²) in [4.78, 5) is 22.5. The van der Waals surface area contributed by atoms with Crippen LogP contribution in [-0.2, 0) is 9.59 Å². The van der Waals surface area contributed by atoms with E-state index in [0.29, 0.717) is 22.8 Å². The Balaban J connectivity index is 1.55. The van der Waals surface area contributed by atoms with E-state index < -0.39 is 0 Å². The van der Waals surface area contributed by atoms with Crippen LogP contribution < -0.4 is 10.6 Å². The molecule has 2 N–H and O–H groups in total. The lowest BCUT2D eigenvalue weighted by Crippen LogP contribution is -2.53. The maximum absolute atomic E-state index is 11.5. The van der Waals surface area contributed by atoms with Crippen molar-refractivity contribution in [1.29, 1.82) is 0 Å². The Morgan fingerprint density at radius 3 is 2.68 bits per heavy atom. The molecule has 8 atom stereocenters. The third kappa shape index (κ3) is 3.02. The number of rotatable bonds is 4. The Labute approximate surface area is 170 Å². The van der Waals surface area contributed by atoms with E-state index in [0.717, 1.165) is 37.0 Å². The molecule has 0 aliphatic heterocycles. The largest absolute Gasteiger partial charge is 0.356 e. The van der Waals surface area contributed by atoms with Crippen molar-refractivity contribution in [1.82, 2.24) is 10.6 Å². The van der Waals surface area contributed by atoms with E-state index in [2.05, 4.69) is 37.5 Å². The second-order valence-corrected chi connectivity index (χ2v) is 10.7. The SMILES string of the molecule is CC(=O)NC1CCC2(C)C(=CCC3C2CCC2(C)C(C(C)NC=O)CCC32)C1. The van der Waals surface area contributed by atoms with Crippen molar-refractivity contribution in [3.63, 3.8) is 0 Å². The highest BCUT2D eigenvalue weighted by Crippen LogP contribution is 2.66. The predicted octanol–water partition coefficient (Wildman–Crippen LogP) is 4.20. The number of carbonyl (C=O) groups is 2. The summed E-state index contributed by atoms with van der Waals surface area (Å²) in [7, 11) is 0. The highest BCUT2D eigenvalue weighted by molar-refractivity contribution is 5.73. The van der Waals surface area contributed by atoms with Crippen LogP contribution in [0, 0.1) is 34.5 Å². The van der Waals surface area contributed by atoms with Gasteiger partial charge >= 0.3 is 0 Å². The van der Waals surface area contributed by atoms with Gasteiger partial charge in [0, 0.05) is 19.0 Å². The third-order valence-corrected chi connectivity index (χ3v) is 9.52. The first-order chi connectivity index (χ1) is 13.3. The summed E-state index contributed by atoms with van der Waals surface area (Å²) in [6, 6.07) is 0.607. The molecule has 0 aromatic heterocycles. The summed E-state index contributed by atoms with van der Waals surface area (Å²) < 4.78 is 0. The van der Waals surface area contributed by atoms with E-state index in [1.54, 1.807) is 12.5 Å². The number of carbonyl (C=O) groups excluding carboxylic acids is 2. The fourth-order valence-corrected chi connectivity index (χ4v) is 8.16. The van der Waals surface area contributed by atoms with Gasteiger partial charge in [0.25, 0.3) is 0 Å². The summed E-state index contributed by atoms with van der Waals surface area (Å²) in [6.45, 7) is 8.87. The molecule has 0 aromatic rings. The van der Waals surface area contributed by atoms with Crippen LogP contribution in [0.3, 0.4) is 0 Å². The molecule has 8 unspecified atom stereocenters. The lowest BCUT2D eigenvalue weighted by atomic mass is 9.47. The lowest BCUT2D eigenvalue weighted by Gasteiger charge is -2.58. The summed E-state index contributed by atoms with van der Waals surface area (Å²) in [5, 5.41) is 6.23. The number of hydrogen-bond donors (Lipinski definition) is 2. The molecule has 3 fully saturated rings. The van der Waals surface area contributed by atoms with Crippen LogP contribution in [0.25, 0.3) is 0 Å². The second-order valence-electron chi connectivity index (χ2n) is 10.7. The molecule has 28 heavy (non-hydrogen) atoms. The fraction of sp³-hybridized carbons (Fsp3) is 0.833.